The van der Waals surface area contributed by atoms with Gasteiger partial charge in [-0.1, -0.05) is 169 Å². The van der Waals surface area contributed by atoms with Crippen molar-refractivity contribution in [2.45, 2.75) is 71.6 Å². The molecule has 396 valence electrons. The van der Waals surface area contributed by atoms with Gasteiger partial charge in [0, 0.05) is 61.8 Å². The Balaban J connectivity index is 1.13. The van der Waals surface area contributed by atoms with E-state index in [1.807, 2.05) is 12.4 Å². The van der Waals surface area contributed by atoms with Gasteiger partial charge in [0.25, 0.3) is 0 Å². The zero-order valence-corrected chi connectivity index (χ0v) is 47.3. The molecule has 1 aliphatic heterocycles. The maximum absolute atomic E-state index is 7.61. The van der Waals surface area contributed by atoms with Crippen LogP contribution in [0.2, 0.25) is 0 Å². The van der Waals surface area contributed by atoms with Gasteiger partial charge in [-0.05, 0) is 142 Å². The largest absolute Gasteiger partial charge is 0.455 e. The molecule has 0 saturated carbocycles. The lowest BCUT2D eigenvalue weighted by atomic mass is 9.65. The van der Waals surface area contributed by atoms with Gasteiger partial charge in [0.2, 0.25) is 0 Å². The van der Waals surface area contributed by atoms with Crippen molar-refractivity contribution in [1.82, 2.24) is 14.5 Å². The predicted octanol–water partition coefficient (Wildman–Crippen LogP) is 20.2. The standard InChI is InChI=1S/C75H59N5O2/c1-44-28-38-64(76-42-44)78(48-34-30-46(31-35-48)73(3,4)5)60-40-57-69(72-66(60)52-19-10-15-26-62(52)82-72)68-56(75(57)54-22-12-14-25-59(54)80-58-24-13-9-18-50(58)51-21-17-23-55(75)70(51)80)41-61(71-67(68)53-20-11-16-27-63(53)81-71)79(65-39-29-45(2)43-77-65)49-36-32-47(33-37-49)74(6,7)8/h9-43H,1-8H3. The van der Waals surface area contributed by atoms with Crippen LogP contribution in [0.5, 0.6) is 0 Å². The summed E-state index contributed by atoms with van der Waals surface area (Å²) in [5.74, 6) is 1.59. The SMILES string of the molecule is Cc1ccc(N(c2ccc(C(C)(C)C)cc2)c2cc3c(c4c2oc2ccccc24)-c2c(cc(N(c4ccc(C(C)(C)C)cc4)c4ccc(C)cn4)c4c2oc2ccccc24)C32c3ccccc3-n3c4ccccc4c4cccc2c43)nc1. The summed E-state index contributed by atoms with van der Waals surface area (Å²) in [4.78, 5) is 15.2. The molecule has 0 radical (unpaired) electrons. The van der Waals surface area contributed by atoms with Crippen LogP contribution < -0.4 is 9.80 Å². The molecule has 5 aromatic heterocycles. The van der Waals surface area contributed by atoms with E-state index < -0.39 is 5.41 Å². The molecule has 1 spiro atoms. The van der Waals surface area contributed by atoms with Crippen LogP contribution >= 0.6 is 0 Å². The van der Waals surface area contributed by atoms with Crippen molar-refractivity contribution < 1.29 is 8.83 Å². The molecule has 0 saturated heterocycles. The molecule has 0 amide bonds. The molecule has 7 heteroatoms. The smallest absolute Gasteiger partial charge is 0.160 e. The molecule has 0 N–H and O–H groups in total. The van der Waals surface area contributed by atoms with Crippen LogP contribution in [0.3, 0.4) is 0 Å². The van der Waals surface area contributed by atoms with E-state index in [1.54, 1.807) is 0 Å². The van der Waals surface area contributed by atoms with E-state index in [4.69, 9.17) is 18.8 Å². The fourth-order valence-electron chi connectivity index (χ4n) is 13.8. The Hall–Kier alpha value is -9.72. The second-order valence-electron chi connectivity index (χ2n) is 24.7. The van der Waals surface area contributed by atoms with E-state index in [2.05, 4.69) is 270 Å². The van der Waals surface area contributed by atoms with Gasteiger partial charge in [0.15, 0.2) is 5.58 Å². The molecule has 0 bridgehead atoms. The number of hydrogen-bond acceptors (Lipinski definition) is 6. The third-order valence-electron chi connectivity index (χ3n) is 17.7. The quantitative estimate of drug-likeness (QED) is 0.165. The second kappa shape index (κ2) is 17.1. The Labute approximate surface area is 476 Å². The van der Waals surface area contributed by atoms with E-state index in [-0.39, 0.29) is 10.8 Å². The first-order chi connectivity index (χ1) is 39.8. The first kappa shape index (κ1) is 48.2. The Bertz CT molecular complexity index is 4950. The van der Waals surface area contributed by atoms with Crippen molar-refractivity contribution >= 4 is 100 Å². The molecule has 7 nitrogen and oxygen atoms in total. The molecule has 2 aliphatic rings. The average Bonchev–Trinajstić information content (AvgIpc) is 2.36. The summed E-state index contributed by atoms with van der Waals surface area (Å²) in [6.07, 6.45) is 3.94. The van der Waals surface area contributed by atoms with Gasteiger partial charge < -0.3 is 13.4 Å². The highest BCUT2D eigenvalue weighted by molar-refractivity contribution is 6.26. The predicted molar refractivity (Wildman–Crippen MR) is 338 cm³/mol. The van der Waals surface area contributed by atoms with E-state index in [1.165, 1.54) is 44.1 Å². The van der Waals surface area contributed by atoms with Gasteiger partial charge in [-0.2, -0.15) is 0 Å². The van der Waals surface area contributed by atoms with Crippen LogP contribution in [0.4, 0.5) is 34.4 Å². The lowest BCUT2D eigenvalue weighted by Gasteiger charge is -2.40. The number of anilines is 6. The normalized spacial score (nSPS) is 14.6. The van der Waals surface area contributed by atoms with Crippen LogP contribution in [0.15, 0.2) is 221 Å². The van der Waals surface area contributed by atoms with Crippen molar-refractivity contribution in [3.63, 3.8) is 0 Å². The van der Waals surface area contributed by atoms with Crippen LogP contribution in [-0.4, -0.2) is 14.5 Å². The molecule has 16 rings (SSSR count). The zero-order chi connectivity index (χ0) is 55.6. The summed E-state index contributed by atoms with van der Waals surface area (Å²) in [7, 11) is 0. The number of hydrogen-bond donors (Lipinski definition) is 0. The highest BCUT2D eigenvalue weighted by atomic mass is 16.3. The van der Waals surface area contributed by atoms with E-state index >= 15 is 0 Å². The van der Waals surface area contributed by atoms with Gasteiger partial charge >= 0.3 is 0 Å². The van der Waals surface area contributed by atoms with Crippen molar-refractivity contribution in [3.05, 3.63) is 257 Å². The molecule has 0 fully saturated rings. The summed E-state index contributed by atoms with van der Waals surface area (Å²) in [5, 5.41) is 6.47. The first-order valence-corrected chi connectivity index (χ1v) is 28.5. The van der Waals surface area contributed by atoms with Crippen LogP contribution in [0, 0.1) is 13.8 Å². The molecule has 9 aromatic carbocycles. The van der Waals surface area contributed by atoms with E-state index in [0.717, 1.165) is 117 Å². The Morgan fingerprint density at radius 1 is 0.427 bits per heavy atom. The van der Waals surface area contributed by atoms with Crippen molar-refractivity contribution in [2.24, 2.45) is 0 Å². The summed E-state index contributed by atoms with van der Waals surface area (Å²) in [6.45, 7) is 17.8. The number of rotatable bonds is 6. The van der Waals surface area contributed by atoms with Gasteiger partial charge in [-0.3, -0.25) is 9.80 Å². The van der Waals surface area contributed by atoms with Crippen LogP contribution in [0.25, 0.3) is 82.5 Å². The number of aromatic nitrogens is 3. The zero-order valence-electron chi connectivity index (χ0n) is 47.3. The first-order valence-electron chi connectivity index (χ1n) is 28.5. The van der Waals surface area contributed by atoms with Crippen molar-refractivity contribution in [3.8, 4) is 16.8 Å². The molecular formula is C75H59N5O2. The molecule has 1 unspecified atom stereocenters. The number of pyridine rings is 2. The van der Waals surface area contributed by atoms with E-state index in [0.29, 0.717) is 0 Å². The number of aryl methyl sites for hydroxylation is 2. The number of nitrogens with zero attached hydrogens (tertiary/aromatic N) is 5. The number of fused-ring (bicyclic) bond motifs is 20. The lowest BCUT2D eigenvalue weighted by molar-refractivity contribution is 0.590. The van der Waals surface area contributed by atoms with Gasteiger partial charge in [0.1, 0.15) is 28.4 Å². The molecule has 82 heavy (non-hydrogen) atoms. The van der Waals surface area contributed by atoms with Gasteiger partial charge in [-0.15, -0.1) is 0 Å². The summed E-state index contributed by atoms with van der Waals surface area (Å²) in [5.41, 5.74) is 20.8. The monoisotopic (exact) mass is 1060 g/mol. The third-order valence-corrected chi connectivity index (χ3v) is 17.7. The molecule has 6 heterocycles. The summed E-state index contributed by atoms with van der Waals surface area (Å²) < 4.78 is 17.5. The highest BCUT2D eigenvalue weighted by Crippen LogP contribution is 2.67. The topological polar surface area (TPSA) is 63.5 Å². The summed E-state index contributed by atoms with van der Waals surface area (Å²) in [6, 6.07) is 73.7. The van der Waals surface area contributed by atoms with Gasteiger partial charge in [0.05, 0.1) is 38.9 Å². The fourth-order valence-corrected chi connectivity index (χ4v) is 13.8. The minimum atomic E-state index is -0.959. The average molecular weight is 1060 g/mol. The van der Waals surface area contributed by atoms with E-state index in [9.17, 15) is 0 Å². The van der Waals surface area contributed by atoms with Gasteiger partial charge in [-0.25, -0.2) is 9.97 Å². The molecule has 1 aliphatic carbocycles. The number of benzene rings is 9. The summed E-state index contributed by atoms with van der Waals surface area (Å²) >= 11 is 0. The van der Waals surface area contributed by atoms with Crippen LogP contribution in [-0.2, 0) is 16.2 Å². The third kappa shape index (κ3) is 6.71. The van der Waals surface area contributed by atoms with Crippen molar-refractivity contribution in [2.75, 3.05) is 9.80 Å². The second-order valence-corrected chi connectivity index (χ2v) is 24.7. The highest BCUT2D eigenvalue weighted by Gasteiger charge is 2.54. The lowest BCUT2D eigenvalue weighted by Crippen LogP contribution is -2.34. The Morgan fingerprint density at radius 2 is 0.927 bits per heavy atom. The molecule has 1 atom stereocenters. The number of furan rings is 2. The fraction of sp³-hybridized carbons (Fsp3) is 0.147. The van der Waals surface area contributed by atoms with Crippen LogP contribution in [0.1, 0.15) is 86.1 Å². The molecule has 14 aromatic rings. The maximum Gasteiger partial charge on any atom is 0.160 e. The maximum atomic E-state index is 7.61. The Kier molecular flexibility index (Phi) is 10.1. The number of para-hydroxylation sites is 5. The molecular weight excluding hydrogens is 1000 g/mol. The van der Waals surface area contributed by atoms with Crippen molar-refractivity contribution in [1.29, 1.82) is 0 Å². The minimum absolute atomic E-state index is 0.0501. The Morgan fingerprint density at radius 3 is 1.54 bits per heavy atom. The minimum Gasteiger partial charge on any atom is -0.455 e.